The zero-order chi connectivity index (χ0) is 20.8. The van der Waals surface area contributed by atoms with E-state index in [2.05, 4.69) is 40.2 Å². The second kappa shape index (κ2) is 6.86. The Labute approximate surface area is 175 Å². The van der Waals surface area contributed by atoms with Gasteiger partial charge in [-0.25, -0.2) is 14.5 Å². The van der Waals surface area contributed by atoms with Crippen LogP contribution in [0.4, 0.5) is 5.82 Å². The van der Waals surface area contributed by atoms with Crippen molar-refractivity contribution in [3.63, 3.8) is 0 Å². The van der Waals surface area contributed by atoms with E-state index in [-0.39, 0.29) is 0 Å². The van der Waals surface area contributed by atoms with E-state index in [1.54, 1.807) is 39.9 Å². The predicted octanol–water partition coefficient (Wildman–Crippen LogP) is 3.63. The number of fused-ring (bicyclic) bond motifs is 2. The molecule has 0 spiro atoms. The van der Waals surface area contributed by atoms with E-state index in [0.717, 1.165) is 43.1 Å². The van der Waals surface area contributed by atoms with Gasteiger partial charge in [-0.3, -0.25) is 0 Å². The molecule has 1 aromatic carbocycles. The third kappa shape index (κ3) is 2.77. The summed E-state index contributed by atoms with van der Waals surface area (Å²) in [6, 6.07) is 10.5. The van der Waals surface area contributed by atoms with Crippen LogP contribution in [0.5, 0.6) is 5.75 Å². The molecule has 0 aliphatic carbocycles. The van der Waals surface area contributed by atoms with Crippen LogP contribution in [0.2, 0.25) is 0 Å². The molecule has 0 unspecified atom stereocenters. The molecule has 5 aromatic rings. The number of aryl methyl sites for hydroxylation is 1. The second-order valence-electron chi connectivity index (χ2n) is 6.94. The minimum Gasteiger partial charge on any atom is -0.495 e. The van der Waals surface area contributed by atoms with Gasteiger partial charge in [-0.15, -0.1) is 11.3 Å². The zero-order valence-corrected chi connectivity index (χ0v) is 17.1. The van der Waals surface area contributed by atoms with Crippen LogP contribution in [-0.4, -0.2) is 31.3 Å². The van der Waals surface area contributed by atoms with E-state index in [4.69, 9.17) is 10.5 Å². The molecule has 4 heterocycles. The third-order valence-corrected chi connectivity index (χ3v) is 6.21. The molecule has 0 bridgehead atoms. The molecule has 8 nitrogen and oxygen atoms in total. The van der Waals surface area contributed by atoms with Gasteiger partial charge in [0.2, 0.25) is 5.82 Å². The van der Waals surface area contributed by atoms with Gasteiger partial charge in [0.15, 0.2) is 5.82 Å². The second-order valence-corrected chi connectivity index (χ2v) is 7.99. The van der Waals surface area contributed by atoms with Crippen LogP contribution >= 0.6 is 11.3 Å². The summed E-state index contributed by atoms with van der Waals surface area (Å²) in [4.78, 5) is 9.31. The number of hydrogen-bond acceptors (Lipinski definition) is 7. The Hall–Kier alpha value is -3.90. The van der Waals surface area contributed by atoms with Crippen LogP contribution < -0.4 is 10.5 Å². The summed E-state index contributed by atoms with van der Waals surface area (Å²) < 4.78 is 10.2. The first-order chi connectivity index (χ1) is 14.6. The molecule has 4 aromatic heterocycles. The molecular weight excluding hydrogens is 398 g/mol. The lowest BCUT2D eigenvalue weighted by Gasteiger charge is -2.04. The van der Waals surface area contributed by atoms with Crippen molar-refractivity contribution in [2.45, 2.75) is 13.5 Å². The van der Waals surface area contributed by atoms with Crippen LogP contribution in [-0.2, 0) is 6.54 Å². The number of thiophene rings is 1. The van der Waals surface area contributed by atoms with E-state index in [1.807, 2.05) is 12.1 Å². The molecule has 2 N–H and O–H groups in total. The number of aromatic nitrogens is 5. The van der Waals surface area contributed by atoms with Gasteiger partial charge < -0.3 is 15.0 Å². The molecule has 148 valence electrons. The van der Waals surface area contributed by atoms with Gasteiger partial charge in [-0.05, 0) is 36.1 Å². The molecule has 0 saturated heterocycles. The van der Waals surface area contributed by atoms with E-state index < -0.39 is 0 Å². The number of anilines is 1. The SMILES string of the molecule is COc1cc(C)cc2cc(-c3cc(Cn4ccnc4C#N)n4ncnc(N)c34)sc12. The predicted molar refractivity (Wildman–Crippen MR) is 116 cm³/mol. The smallest absolute Gasteiger partial charge is 0.213 e. The number of imidazole rings is 1. The van der Waals surface area contributed by atoms with E-state index in [0.29, 0.717) is 18.2 Å². The van der Waals surface area contributed by atoms with Gasteiger partial charge in [-0.1, -0.05) is 6.07 Å². The number of rotatable bonds is 4. The highest BCUT2D eigenvalue weighted by molar-refractivity contribution is 7.22. The Morgan fingerprint density at radius 1 is 1.23 bits per heavy atom. The highest BCUT2D eigenvalue weighted by atomic mass is 32.1. The zero-order valence-electron chi connectivity index (χ0n) is 16.3. The average Bonchev–Trinajstić information content (AvgIpc) is 3.45. The Kier molecular flexibility index (Phi) is 4.15. The molecule has 0 aliphatic heterocycles. The number of nitrogens with two attached hydrogens (primary N) is 1. The summed E-state index contributed by atoms with van der Waals surface area (Å²) >= 11 is 1.64. The Balaban J connectivity index is 1.72. The fraction of sp³-hybridized carbons (Fsp3) is 0.143. The molecule has 30 heavy (non-hydrogen) atoms. The first kappa shape index (κ1) is 18.1. The number of nitriles is 1. The van der Waals surface area contributed by atoms with Gasteiger partial charge in [0.25, 0.3) is 0 Å². The van der Waals surface area contributed by atoms with Gasteiger partial charge in [0, 0.05) is 22.8 Å². The van der Waals surface area contributed by atoms with Crippen LogP contribution in [0.25, 0.3) is 26.0 Å². The monoisotopic (exact) mass is 415 g/mol. The number of hydrogen-bond donors (Lipinski definition) is 1. The normalized spacial score (nSPS) is 11.2. The van der Waals surface area contributed by atoms with E-state index in [9.17, 15) is 5.26 Å². The lowest BCUT2D eigenvalue weighted by molar-refractivity contribution is 0.420. The molecule has 0 saturated carbocycles. The summed E-state index contributed by atoms with van der Waals surface area (Å²) in [5, 5.41) is 14.8. The fourth-order valence-electron chi connectivity index (χ4n) is 3.71. The van der Waals surface area contributed by atoms with E-state index >= 15 is 0 Å². The molecule has 0 radical (unpaired) electrons. The molecule has 0 amide bonds. The van der Waals surface area contributed by atoms with Gasteiger partial charge in [0.05, 0.1) is 24.0 Å². The van der Waals surface area contributed by atoms with Gasteiger partial charge in [-0.2, -0.15) is 10.4 Å². The number of benzene rings is 1. The maximum Gasteiger partial charge on any atom is 0.213 e. The Morgan fingerprint density at radius 2 is 2.10 bits per heavy atom. The van der Waals surface area contributed by atoms with Crippen molar-refractivity contribution in [1.82, 2.24) is 24.1 Å². The van der Waals surface area contributed by atoms with Gasteiger partial charge >= 0.3 is 0 Å². The lowest BCUT2D eigenvalue weighted by atomic mass is 10.1. The summed E-state index contributed by atoms with van der Waals surface area (Å²) in [7, 11) is 1.68. The van der Waals surface area contributed by atoms with Crippen molar-refractivity contribution in [3.05, 3.63) is 60.1 Å². The first-order valence-corrected chi connectivity index (χ1v) is 10.0. The Morgan fingerprint density at radius 3 is 2.90 bits per heavy atom. The van der Waals surface area contributed by atoms with Crippen molar-refractivity contribution in [2.75, 3.05) is 12.8 Å². The standard InChI is InChI=1S/C21H17N7OS/c1-12-5-13-7-17(30-20(13)16(6-12)29-2)15-8-14(10-27-4-3-24-18(27)9-22)28-19(15)21(23)25-11-26-28/h3-8,11H,10H2,1-2H3,(H2,23,25,26). The first-order valence-electron chi connectivity index (χ1n) is 9.20. The Bertz CT molecular complexity index is 1450. The van der Waals surface area contributed by atoms with Crippen LogP contribution in [0.15, 0.2) is 43.0 Å². The molecule has 0 atom stereocenters. The molecular formula is C21H17N7OS. The molecule has 9 heteroatoms. The quantitative estimate of drug-likeness (QED) is 0.480. The van der Waals surface area contributed by atoms with Crippen molar-refractivity contribution in [1.29, 1.82) is 5.26 Å². The summed E-state index contributed by atoms with van der Waals surface area (Å²) in [5.41, 5.74) is 9.95. The maximum absolute atomic E-state index is 9.28. The minimum absolute atomic E-state index is 0.343. The number of methoxy groups -OCH3 is 1. The molecule has 5 rings (SSSR count). The van der Waals surface area contributed by atoms with Crippen LogP contribution in [0.3, 0.4) is 0 Å². The fourth-order valence-corrected chi connectivity index (χ4v) is 4.86. The summed E-state index contributed by atoms with van der Waals surface area (Å²) in [5.74, 6) is 1.60. The number of ether oxygens (including phenoxy) is 1. The average molecular weight is 415 g/mol. The molecule has 0 aliphatic rings. The third-order valence-electron chi connectivity index (χ3n) is 5.02. The summed E-state index contributed by atoms with van der Waals surface area (Å²) in [6.45, 7) is 2.49. The highest BCUT2D eigenvalue weighted by Crippen LogP contribution is 2.42. The van der Waals surface area contributed by atoms with Crippen molar-refractivity contribution < 1.29 is 4.74 Å². The van der Waals surface area contributed by atoms with E-state index in [1.165, 1.54) is 6.33 Å². The van der Waals surface area contributed by atoms with Crippen molar-refractivity contribution >= 4 is 32.8 Å². The van der Waals surface area contributed by atoms with Crippen LogP contribution in [0, 0.1) is 18.3 Å². The maximum atomic E-state index is 9.28. The van der Waals surface area contributed by atoms with Crippen LogP contribution in [0.1, 0.15) is 17.1 Å². The summed E-state index contributed by atoms with van der Waals surface area (Å²) in [6.07, 6.45) is 4.82. The molecule has 0 fully saturated rings. The largest absolute Gasteiger partial charge is 0.495 e. The van der Waals surface area contributed by atoms with Crippen molar-refractivity contribution in [2.24, 2.45) is 0 Å². The minimum atomic E-state index is 0.343. The van der Waals surface area contributed by atoms with Crippen molar-refractivity contribution in [3.8, 4) is 22.3 Å². The highest BCUT2D eigenvalue weighted by Gasteiger charge is 2.19. The lowest BCUT2D eigenvalue weighted by Crippen LogP contribution is -2.07. The van der Waals surface area contributed by atoms with Gasteiger partial charge in [0.1, 0.15) is 23.7 Å². The number of nitrogen functional groups attached to an aromatic ring is 1. The topological polar surface area (TPSA) is 107 Å². The number of nitrogens with zero attached hydrogens (tertiary/aromatic N) is 6.